The highest BCUT2D eigenvalue weighted by Gasteiger charge is 2.13. The summed E-state index contributed by atoms with van der Waals surface area (Å²) in [5.41, 5.74) is 5.61. The molecule has 0 spiro atoms. The number of hydrogen-bond acceptors (Lipinski definition) is 5. The molecule has 0 fully saturated rings. The van der Waals surface area contributed by atoms with Crippen molar-refractivity contribution in [2.45, 2.75) is 13.8 Å². The number of carbonyl (C=O) groups excluding carboxylic acids is 2. The van der Waals surface area contributed by atoms with E-state index in [0.717, 1.165) is 0 Å². The number of methoxy groups -OCH3 is 2. The van der Waals surface area contributed by atoms with Crippen LogP contribution in [0.1, 0.15) is 27.4 Å². The molecule has 1 aromatic carbocycles. The van der Waals surface area contributed by atoms with Gasteiger partial charge in [0.25, 0.3) is 11.8 Å². The minimum atomic E-state index is -0.512. The molecule has 7 nitrogen and oxygen atoms in total. The van der Waals surface area contributed by atoms with Gasteiger partial charge in [-0.3, -0.25) is 20.4 Å². The Kier molecular flexibility index (Phi) is 6.30. The van der Waals surface area contributed by atoms with Crippen LogP contribution >= 0.6 is 11.6 Å². The molecule has 0 aliphatic heterocycles. The van der Waals surface area contributed by atoms with Crippen molar-refractivity contribution in [3.8, 4) is 11.5 Å². The maximum atomic E-state index is 12.0. The van der Waals surface area contributed by atoms with Crippen LogP contribution in [0.2, 0.25) is 5.02 Å². The summed E-state index contributed by atoms with van der Waals surface area (Å²) in [5, 5.41) is 0.353. The smallest absolute Gasteiger partial charge is 0.273 e. The zero-order chi connectivity index (χ0) is 19.3. The molecule has 0 unspecified atom stereocenters. The van der Waals surface area contributed by atoms with Crippen LogP contribution in [-0.2, 0) is 4.79 Å². The molecule has 138 valence electrons. The third-order valence-electron chi connectivity index (χ3n) is 3.47. The van der Waals surface area contributed by atoms with E-state index in [1.54, 1.807) is 32.0 Å². The van der Waals surface area contributed by atoms with Gasteiger partial charge in [-0.2, -0.15) is 0 Å². The normalized spacial score (nSPS) is 10.7. The summed E-state index contributed by atoms with van der Waals surface area (Å²) in [4.78, 5) is 23.9. The number of benzene rings is 1. The highest BCUT2D eigenvalue weighted by atomic mass is 35.5. The van der Waals surface area contributed by atoms with Crippen LogP contribution < -0.4 is 20.3 Å². The van der Waals surface area contributed by atoms with Crippen LogP contribution in [0.4, 0.5) is 0 Å². The van der Waals surface area contributed by atoms with E-state index in [-0.39, 0.29) is 0 Å². The van der Waals surface area contributed by atoms with E-state index >= 15 is 0 Å². The molecule has 0 bridgehead atoms. The lowest BCUT2D eigenvalue weighted by Crippen LogP contribution is -2.40. The van der Waals surface area contributed by atoms with Gasteiger partial charge in [-0.05, 0) is 43.7 Å². The van der Waals surface area contributed by atoms with E-state index in [1.807, 2.05) is 0 Å². The largest absolute Gasteiger partial charge is 0.493 e. The summed E-state index contributed by atoms with van der Waals surface area (Å²) in [7, 11) is 2.97. The Labute approximate surface area is 155 Å². The molecule has 2 N–H and O–H groups in total. The summed E-state index contributed by atoms with van der Waals surface area (Å²) >= 11 is 6.11. The molecule has 26 heavy (non-hydrogen) atoms. The SMILES string of the molecule is COc1cc(/C=C/C(=O)NNC(=O)c2cc(C)oc2C)cc(Cl)c1OC. The first-order valence-electron chi connectivity index (χ1n) is 7.62. The fourth-order valence-electron chi connectivity index (χ4n) is 2.29. The average molecular weight is 379 g/mol. The molecule has 2 rings (SSSR count). The highest BCUT2D eigenvalue weighted by Crippen LogP contribution is 2.36. The fraction of sp³-hybridized carbons (Fsp3) is 0.222. The van der Waals surface area contributed by atoms with E-state index < -0.39 is 11.8 Å². The zero-order valence-electron chi connectivity index (χ0n) is 14.8. The van der Waals surface area contributed by atoms with E-state index in [4.69, 9.17) is 25.5 Å². The Hall–Kier alpha value is -2.93. The predicted octanol–water partition coefficient (Wildman–Crippen LogP) is 3.04. The molecule has 1 aromatic heterocycles. The number of carbonyl (C=O) groups is 2. The van der Waals surface area contributed by atoms with E-state index in [0.29, 0.717) is 39.2 Å². The Morgan fingerprint density at radius 3 is 2.42 bits per heavy atom. The summed E-state index contributed by atoms with van der Waals surface area (Å²) in [5.74, 6) is 0.972. The minimum Gasteiger partial charge on any atom is -0.493 e. The molecule has 0 aliphatic carbocycles. The van der Waals surface area contributed by atoms with Gasteiger partial charge in [0.2, 0.25) is 0 Å². The third-order valence-corrected chi connectivity index (χ3v) is 3.75. The number of amides is 2. The van der Waals surface area contributed by atoms with Crippen LogP contribution in [0.15, 0.2) is 28.7 Å². The van der Waals surface area contributed by atoms with Crippen molar-refractivity contribution in [2.75, 3.05) is 14.2 Å². The van der Waals surface area contributed by atoms with Crippen LogP contribution in [0, 0.1) is 13.8 Å². The number of furan rings is 1. The molecular weight excluding hydrogens is 360 g/mol. The number of hydrogen-bond donors (Lipinski definition) is 2. The van der Waals surface area contributed by atoms with E-state index in [9.17, 15) is 9.59 Å². The van der Waals surface area contributed by atoms with Crippen molar-refractivity contribution in [3.05, 3.63) is 51.9 Å². The number of halogens is 1. The number of hydrazine groups is 1. The summed E-state index contributed by atoms with van der Waals surface area (Å²) in [6.45, 7) is 3.41. The molecule has 0 saturated heterocycles. The highest BCUT2D eigenvalue weighted by molar-refractivity contribution is 6.32. The third kappa shape index (κ3) is 4.58. The Morgan fingerprint density at radius 1 is 1.12 bits per heavy atom. The second-order valence-electron chi connectivity index (χ2n) is 5.34. The Balaban J connectivity index is 2.00. The van der Waals surface area contributed by atoms with Gasteiger partial charge >= 0.3 is 0 Å². The van der Waals surface area contributed by atoms with Crippen molar-refractivity contribution in [1.29, 1.82) is 0 Å². The van der Waals surface area contributed by atoms with Gasteiger partial charge in [-0.1, -0.05) is 11.6 Å². The van der Waals surface area contributed by atoms with E-state index in [1.165, 1.54) is 26.4 Å². The number of aryl methyl sites for hydroxylation is 2. The van der Waals surface area contributed by atoms with Crippen LogP contribution in [-0.4, -0.2) is 26.0 Å². The molecule has 2 aromatic rings. The maximum absolute atomic E-state index is 12.0. The summed E-state index contributed by atoms with van der Waals surface area (Å²) in [6, 6.07) is 4.89. The zero-order valence-corrected chi connectivity index (χ0v) is 15.6. The van der Waals surface area contributed by atoms with Crippen molar-refractivity contribution in [3.63, 3.8) is 0 Å². The van der Waals surface area contributed by atoms with Gasteiger partial charge in [0.1, 0.15) is 11.5 Å². The van der Waals surface area contributed by atoms with Gasteiger partial charge in [-0.25, -0.2) is 0 Å². The van der Waals surface area contributed by atoms with Crippen molar-refractivity contribution in [1.82, 2.24) is 10.9 Å². The second-order valence-corrected chi connectivity index (χ2v) is 5.75. The lowest BCUT2D eigenvalue weighted by molar-refractivity contribution is -0.117. The molecular formula is C18H19ClN2O5. The van der Waals surface area contributed by atoms with Gasteiger partial charge in [-0.15, -0.1) is 0 Å². The second kappa shape index (κ2) is 8.44. The Bertz CT molecular complexity index is 858. The van der Waals surface area contributed by atoms with Crippen molar-refractivity contribution >= 4 is 29.5 Å². The summed E-state index contributed by atoms with van der Waals surface area (Å²) < 4.78 is 15.6. The lowest BCUT2D eigenvalue weighted by atomic mass is 10.2. The molecule has 0 aliphatic rings. The number of rotatable bonds is 5. The standard InChI is InChI=1S/C18H19ClN2O5/c1-10-7-13(11(2)26-10)18(23)21-20-16(22)6-5-12-8-14(19)17(25-4)15(9-12)24-3/h5-9H,1-4H3,(H,20,22)(H,21,23)/b6-5+. The van der Waals surface area contributed by atoms with Crippen molar-refractivity contribution in [2.24, 2.45) is 0 Å². The minimum absolute atomic E-state index is 0.353. The molecule has 8 heteroatoms. The van der Waals surface area contributed by atoms with Crippen LogP contribution in [0.3, 0.4) is 0 Å². The fourth-order valence-corrected chi connectivity index (χ4v) is 2.59. The quantitative estimate of drug-likeness (QED) is 0.616. The lowest BCUT2D eigenvalue weighted by Gasteiger charge is -2.10. The predicted molar refractivity (Wildman–Crippen MR) is 97.4 cm³/mol. The first kappa shape index (κ1) is 19.4. The first-order chi connectivity index (χ1) is 12.3. The van der Waals surface area contributed by atoms with Crippen molar-refractivity contribution < 1.29 is 23.5 Å². The van der Waals surface area contributed by atoms with E-state index in [2.05, 4.69) is 10.9 Å². The molecule has 0 atom stereocenters. The topological polar surface area (TPSA) is 89.8 Å². The van der Waals surface area contributed by atoms with Crippen LogP contribution in [0.5, 0.6) is 11.5 Å². The van der Waals surface area contributed by atoms with Gasteiger partial charge in [0.15, 0.2) is 11.5 Å². The van der Waals surface area contributed by atoms with Crippen LogP contribution in [0.25, 0.3) is 6.08 Å². The first-order valence-corrected chi connectivity index (χ1v) is 8.00. The Morgan fingerprint density at radius 2 is 1.85 bits per heavy atom. The monoisotopic (exact) mass is 378 g/mol. The molecule has 2 amide bonds. The number of ether oxygens (including phenoxy) is 2. The van der Waals surface area contributed by atoms with Gasteiger partial charge in [0.05, 0.1) is 24.8 Å². The van der Waals surface area contributed by atoms with Gasteiger partial charge < -0.3 is 13.9 Å². The molecule has 0 saturated carbocycles. The maximum Gasteiger partial charge on any atom is 0.273 e. The van der Waals surface area contributed by atoms with Gasteiger partial charge in [0, 0.05) is 6.08 Å². The molecule has 0 radical (unpaired) electrons. The average Bonchev–Trinajstić information content (AvgIpc) is 2.95. The summed E-state index contributed by atoms with van der Waals surface area (Å²) in [6.07, 6.45) is 2.79. The molecule has 1 heterocycles. The number of nitrogens with one attached hydrogen (secondary N) is 2.